The molecule has 0 saturated carbocycles. The predicted molar refractivity (Wildman–Crippen MR) is 66.4 cm³/mol. The number of hydrogen-bond donors (Lipinski definition) is 0. The number of carbonyl (C=O) groups excluding carboxylic acids is 1. The first-order valence-electron chi connectivity index (χ1n) is 5.87. The van der Waals surface area contributed by atoms with E-state index in [4.69, 9.17) is 4.74 Å². The number of rotatable bonds is 6. The Hall–Kier alpha value is -0.460. The third kappa shape index (κ3) is 5.61. The van der Waals surface area contributed by atoms with Gasteiger partial charge >= 0.3 is 5.97 Å². The Morgan fingerprint density at radius 2 is 2.12 bits per heavy atom. The molecular formula is C11H21NO4S. The zero-order valence-corrected chi connectivity index (χ0v) is 11.3. The highest BCUT2D eigenvalue weighted by molar-refractivity contribution is 7.85. The molecule has 1 fully saturated rings. The summed E-state index contributed by atoms with van der Waals surface area (Å²) in [5.74, 6) is 0.315. The van der Waals surface area contributed by atoms with Crippen molar-refractivity contribution >= 4 is 16.8 Å². The Morgan fingerprint density at radius 3 is 2.71 bits per heavy atom. The first-order chi connectivity index (χ1) is 8.13. The summed E-state index contributed by atoms with van der Waals surface area (Å²) in [6, 6.07) is 0. The number of morpholine rings is 1. The molecule has 1 rings (SSSR count). The van der Waals surface area contributed by atoms with E-state index in [0.717, 1.165) is 32.8 Å². The molecule has 17 heavy (non-hydrogen) atoms. The van der Waals surface area contributed by atoms with E-state index in [1.807, 2.05) is 6.92 Å². The quantitative estimate of drug-likeness (QED) is 0.632. The van der Waals surface area contributed by atoms with Gasteiger partial charge in [0.05, 0.1) is 26.7 Å². The molecule has 1 aliphatic heterocycles. The zero-order valence-electron chi connectivity index (χ0n) is 10.5. The van der Waals surface area contributed by atoms with Gasteiger partial charge in [-0.1, -0.05) is 6.92 Å². The normalized spacial score (nSPS) is 20.8. The summed E-state index contributed by atoms with van der Waals surface area (Å²) in [4.78, 5) is 13.3. The second-order valence-corrected chi connectivity index (χ2v) is 6.10. The van der Waals surface area contributed by atoms with Gasteiger partial charge < -0.3 is 9.47 Å². The van der Waals surface area contributed by atoms with Crippen LogP contribution in [0.25, 0.3) is 0 Å². The van der Waals surface area contributed by atoms with Crippen molar-refractivity contribution < 1.29 is 18.5 Å². The fourth-order valence-electron chi connectivity index (χ4n) is 1.66. The van der Waals surface area contributed by atoms with Gasteiger partial charge in [-0.15, -0.1) is 0 Å². The molecule has 1 aliphatic rings. The summed E-state index contributed by atoms with van der Waals surface area (Å²) in [6.07, 6.45) is 0.228. The van der Waals surface area contributed by atoms with Crippen LogP contribution >= 0.6 is 0 Å². The zero-order chi connectivity index (χ0) is 12.7. The Morgan fingerprint density at radius 1 is 1.47 bits per heavy atom. The van der Waals surface area contributed by atoms with Gasteiger partial charge in [-0.3, -0.25) is 13.9 Å². The summed E-state index contributed by atoms with van der Waals surface area (Å²) in [7, 11) is 0.381. The summed E-state index contributed by atoms with van der Waals surface area (Å²) in [5.41, 5.74) is 0. The highest BCUT2D eigenvalue weighted by Gasteiger charge is 2.17. The molecule has 1 heterocycles. The van der Waals surface area contributed by atoms with Crippen molar-refractivity contribution in [3.05, 3.63) is 0 Å². The van der Waals surface area contributed by atoms with Gasteiger partial charge in [0.2, 0.25) is 0 Å². The number of methoxy groups -OCH3 is 1. The van der Waals surface area contributed by atoms with Gasteiger partial charge in [-0.25, -0.2) is 0 Å². The summed E-state index contributed by atoms with van der Waals surface area (Å²) < 4.78 is 21.7. The van der Waals surface area contributed by atoms with E-state index >= 15 is 0 Å². The average Bonchev–Trinajstić information content (AvgIpc) is 2.36. The van der Waals surface area contributed by atoms with Gasteiger partial charge in [0.25, 0.3) is 0 Å². The lowest BCUT2D eigenvalue weighted by molar-refractivity contribution is -0.140. The fraction of sp³-hybridized carbons (Fsp3) is 0.909. The summed E-state index contributed by atoms with van der Waals surface area (Å²) in [5, 5.41) is -0.136. The van der Waals surface area contributed by atoms with E-state index in [1.54, 1.807) is 0 Å². The molecule has 5 nitrogen and oxygen atoms in total. The molecule has 0 bridgehead atoms. The molecule has 0 aromatic carbocycles. The maximum absolute atomic E-state index is 11.9. The number of ether oxygens (including phenoxy) is 2. The van der Waals surface area contributed by atoms with Crippen LogP contribution < -0.4 is 0 Å². The maximum Gasteiger partial charge on any atom is 0.306 e. The van der Waals surface area contributed by atoms with Crippen LogP contribution in [0.5, 0.6) is 0 Å². The third-order valence-electron chi connectivity index (χ3n) is 2.84. The van der Waals surface area contributed by atoms with E-state index in [0.29, 0.717) is 5.75 Å². The van der Waals surface area contributed by atoms with Crippen molar-refractivity contribution in [3.63, 3.8) is 0 Å². The first kappa shape index (κ1) is 14.6. The smallest absolute Gasteiger partial charge is 0.306 e. The largest absolute Gasteiger partial charge is 0.469 e. The Labute approximate surface area is 105 Å². The molecule has 0 radical (unpaired) electrons. The number of nitrogens with zero attached hydrogens (tertiary/aromatic N) is 1. The Balaban J connectivity index is 2.21. The topological polar surface area (TPSA) is 55.8 Å². The van der Waals surface area contributed by atoms with E-state index in [2.05, 4.69) is 9.64 Å². The lowest BCUT2D eigenvalue weighted by Crippen LogP contribution is -2.39. The molecule has 0 N–H and O–H groups in total. The van der Waals surface area contributed by atoms with Crippen LogP contribution in [0.1, 0.15) is 13.3 Å². The van der Waals surface area contributed by atoms with Crippen LogP contribution in [-0.2, 0) is 25.1 Å². The van der Waals surface area contributed by atoms with Gasteiger partial charge in [0, 0.05) is 41.4 Å². The van der Waals surface area contributed by atoms with Gasteiger partial charge in [0.1, 0.15) is 0 Å². The number of esters is 1. The maximum atomic E-state index is 11.9. The molecular weight excluding hydrogens is 242 g/mol. The van der Waals surface area contributed by atoms with Gasteiger partial charge in [-0.2, -0.15) is 0 Å². The standard InChI is InChI=1S/C11H21NO4S/c1-10(9-11(13)15-2)17(14)8-5-12-3-6-16-7-4-12/h10H,3-9H2,1-2H3. The second kappa shape index (κ2) is 7.79. The predicted octanol–water partition coefficient (Wildman–Crippen LogP) is 0.0189. The average molecular weight is 263 g/mol. The molecule has 6 heteroatoms. The molecule has 0 aromatic heterocycles. The van der Waals surface area contributed by atoms with Crippen molar-refractivity contribution in [3.8, 4) is 0 Å². The molecule has 0 spiro atoms. The lowest BCUT2D eigenvalue weighted by atomic mass is 10.3. The monoisotopic (exact) mass is 263 g/mol. The molecule has 1 saturated heterocycles. The third-order valence-corrected chi connectivity index (χ3v) is 4.49. The van der Waals surface area contributed by atoms with Gasteiger partial charge in [-0.05, 0) is 0 Å². The Bertz CT molecular complexity index is 266. The summed E-state index contributed by atoms with van der Waals surface area (Å²) in [6.45, 7) is 5.95. The molecule has 100 valence electrons. The van der Waals surface area contributed by atoms with E-state index < -0.39 is 10.8 Å². The van der Waals surface area contributed by atoms with Crippen LogP contribution in [0.4, 0.5) is 0 Å². The summed E-state index contributed by atoms with van der Waals surface area (Å²) >= 11 is 0. The SMILES string of the molecule is COC(=O)CC(C)S(=O)CCN1CCOCC1. The van der Waals surface area contributed by atoms with E-state index in [1.165, 1.54) is 7.11 Å². The van der Waals surface area contributed by atoms with E-state index in [9.17, 15) is 9.00 Å². The highest BCUT2D eigenvalue weighted by atomic mass is 32.2. The minimum Gasteiger partial charge on any atom is -0.469 e. The van der Waals surface area contributed by atoms with E-state index in [-0.39, 0.29) is 17.6 Å². The number of hydrogen-bond acceptors (Lipinski definition) is 5. The van der Waals surface area contributed by atoms with Crippen LogP contribution in [0.15, 0.2) is 0 Å². The molecule has 0 amide bonds. The van der Waals surface area contributed by atoms with Crippen molar-refractivity contribution in [1.82, 2.24) is 4.90 Å². The molecule has 2 atom stereocenters. The van der Waals surface area contributed by atoms with Crippen molar-refractivity contribution in [2.24, 2.45) is 0 Å². The molecule has 0 aliphatic carbocycles. The minimum atomic E-state index is -0.972. The van der Waals surface area contributed by atoms with Crippen molar-refractivity contribution in [1.29, 1.82) is 0 Å². The lowest BCUT2D eigenvalue weighted by Gasteiger charge is -2.26. The second-order valence-electron chi connectivity index (χ2n) is 4.13. The minimum absolute atomic E-state index is 0.136. The first-order valence-corrected chi connectivity index (χ1v) is 7.25. The Kier molecular flexibility index (Phi) is 6.69. The van der Waals surface area contributed by atoms with Crippen LogP contribution in [-0.4, -0.2) is 66.0 Å². The number of carbonyl (C=O) groups is 1. The fourth-order valence-corrected chi connectivity index (χ4v) is 2.82. The van der Waals surface area contributed by atoms with Crippen LogP contribution in [0.3, 0.4) is 0 Å². The van der Waals surface area contributed by atoms with Crippen molar-refractivity contribution in [2.45, 2.75) is 18.6 Å². The molecule has 0 aromatic rings. The molecule has 2 unspecified atom stereocenters. The van der Waals surface area contributed by atoms with Gasteiger partial charge in [0.15, 0.2) is 0 Å². The van der Waals surface area contributed by atoms with Crippen LogP contribution in [0.2, 0.25) is 0 Å². The van der Waals surface area contributed by atoms with Crippen molar-refractivity contribution in [2.75, 3.05) is 45.7 Å². The van der Waals surface area contributed by atoms with Crippen LogP contribution in [0, 0.1) is 0 Å². The highest BCUT2D eigenvalue weighted by Crippen LogP contribution is 2.05.